The van der Waals surface area contributed by atoms with Crippen LogP contribution in [0.25, 0.3) is 0 Å². The number of likely N-dealkylation sites (tertiary alicyclic amines) is 1. The van der Waals surface area contributed by atoms with E-state index in [-0.39, 0.29) is 35.3 Å². The number of carbonyl (C=O) groups is 1. The van der Waals surface area contributed by atoms with E-state index in [0.717, 1.165) is 45.0 Å². The molecular formula is C17H33IN4O2. The van der Waals surface area contributed by atoms with Crippen LogP contribution in [0.15, 0.2) is 4.99 Å². The van der Waals surface area contributed by atoms with Gasteiger partial charge in [0.25, 0.3) is 0 Å². The summed E-state index contributed by atoms with van der Waals surface area (Å²) in [6.45, 7) is 9.86. The average molecular weight is 452 g/mol. The third kappa shape index (κ3) is 5.21. The second kappa shape index (κ2) is 9.22. The molecule has 1 spiro atoms. The highest BCUT2D eigenvalue weighted by Crippen LogP contribution is 2.36. The highest BCUT2D eigenvalue weighted by Gasteiger charge is 2.42. The van der Waals surface area contributed by atoms with E-state index >= 15 is 0 Å². The van der Waals surface area contributed by atoms with Gasteiger partial charge in [-0.3, -0.25) is 9.79 Å². The minimum Gasteiger partial charge on any atom is -0.388 e. The zero-order chi connectivity index (χ0) is 16.9. The van der Waals surface area contributed by atoms with Crippen molar-refractivity contribution >= 4 is 35.8 Å². The zero-order valence-corrected chi connectivity index (χ0v) is 17.6. The maximum Gasteiger partial charge on any atom is 0.220 e. The molecule has 2 saturated heterocycles. The maximum absolute atomic E-state index is 11.6. The van der Waals surface area contributed by atoms with Gasteiger partial charge < -0.3 is 20.6 Å². The van der Waals surface area contributed by atoms with Crippen molar-refractivity contribution in [3.05, 3.63) is 0 Å². The minimum absolute atomic E-state index is 0. The van der Waals surface area contributed by atoms with Crippen LogP contribution in [-0.4, -0.2) is 60.2 Å². The first-order valence-electron chi connectivity index (χ1n) is 8.98. The van der Waals surface area contributed by atoms with E-state index in [1.807, 2.05) is 13.8 Å². The molecule has 0 aromatic carbocycles. The number of aliphatic imine (C=N–C) groups is 1. The lowest BCUT2D eigenvalue weighted by atomic mass is 9.79. The van der Waals surface area contributed by atoms with Crippen molar-refractivity contribution in [3.8, 4) is 0 Å². The van der Waals surface area contributed by atoms with Gasteiger partial charge in [0.05, 0.1) is 12.1 Å². The summed E-state index contributed by atoms with van der Waals surface area (Å²) in [5.74, 6) is 1.03. The van der Waals surface area contributed by atoms with Crippen molar-refractivity contribution in [2.45, 2.75) is 58.5 Å². The molecule has 0 bridgehead atoms. The monoisotopic (exact) mass is 452 g/mol. The van der Waals surface area contributed by atoms with Crippen LogP contribution in [0, 0.1) is 5.41 Å². The topological polar surface area (TPSA) is 77.0 Å². The lowest BCUT2D eigenvalue weighted by Crippen LogP contribution is -2.51. The molecule has 7 heteroatoms. The number of guanidine groups is 1. The third-order valence-corrected chi connectivity index (χ3v) is 5.33. The summed E-state index contributed by atoms with van der Waals surface area (Å²) < 4.78 is 0. The molecule has 0 aromatic rings. The van der Waals surface area contributed by atoms with Gasteiger partial charge in [-0.1, -0.05) is 13.8 Å². The molecule has 0 aromatic heterocycles. The molecule has 1 atom stereocenters. The van der Waals surface area contributed by atoms with Gasteiger partial charge in [-0.15, -0.1) is 24.0 Å². The number of nitrogens with one attached hydrogen (secondary N) is 2. The lowest BCUT2D eigenvalue weighted by Gasteiger charge is -2.41. The molecule has 3 N–H and O–H groups in total. The molecule has 2 fully saturated rings. The highest BCUT2D eigenvalue weighted by atomic mass is 127. The van der Waals surface area contributed by atoms with Crippen molar-refractivity contribution in [1.82, 2.24) is 15.5 Å². The summed E-state index contributed by atoms with van der Waals surface area (Å²) in [6, 6.07) is 0. The molecule has 0 radical (unpaired) electrons. The summed E-state index contributed by atoms with van der Waals surface area (Å²) in [6.07, 6.45) is 4.20. The molecular weight excluding hydrogens is 419 g/mol. The first-order chi connectivity index (χ1) is 11.0. The van der Waals surface area contributed by atoms with Gasteiger partial charge in [-0.2, -0.15) is 0 Å². The van der Waals surface area contributed by atoms with Crippen LogP contribution in [0.1, 0.15) is 52.9 Å². The molecule has 2 heterocycles. The maximum atomic E-state index is 11.6. The van der Waals surface area contributed by atoms with Crippen LogP contribution in [-0.2, 0) is 4.79 Å². The van der Waals surface area contributed by atoms with Crippen molar-refractivity contribution in [3.63, 3.8) is 0 Å². The largest absolute Gasteiger partial charge is 0.388 e. The van der Waals surface area contributed by atoms with E-state index in [1.165, 1.54) is 0 Å². The predicted molar refractivity (Wildman–Crippen MR) is 108 cm³/mol. The van der Waals surface area contributed by atoms with Gasteiger partial charge in [-0.05, 0) is 32.6 Å². The van der Waals surface area contributed by atoms with Crippen LogP contribution in [0.4, 0.5) is 0 Å². The fraction of sp³-hybridized carbons (Fsp3) is 0.882. The molecule has 2 aliphatic rings. The van der Waals surface area contributed by atoms with E-state index in [1.54, 1.807) is 0 Å². The molecule has 1 unspecified atom stereocenters. The Balaban J connectivity index is 0.00000288. The van der Waals surface area contributed by atoms with E-state index in [2.05, 4.69) is 22.5 Å². The molecule has 0 saturated carbocycles. The number of rotatable bonds is 5. The van der Waals surface area contributed by atoms with Crippen LogP contribution in [0.5, 0.6) is 0 Å². The normalized spacial score (nSPS) is 24.8. The first kappa shape index (κ1) is 21.5. The fourth-order valence-electron chi connectivity index (χ4n) is 3.55. The van der Waals surface area contributed by atoms with Gasteiger partial charge in [-0.25, -0.2) is 0 Å². The SMILES string of the molecule is CCNC(=NCC(O)(CC)CC)N1CCCC2(CNC(=O)C2)C1.I. The Kier molecular flexibility index (Phi) is 8.25. The number of piperidine rings is 1. The van der Waals surface area contributed by atoms with Gasteiger partial charge in [0.2, 0.25) is 5.91 Å². The number of nitrogens with zero attached hydrogens (tertiary/aromatic N) is 2. The van der Waals surface area contributed by atoms with Crippen molar-refractivity contribution < 1.29 is 9.90 Å². The lowest BCUT2D eigenvalue weighted by molar-refractivity contribution is -0.119. The Morgan fingerprint density at radius 2 is 2.12 bits per heavy atom. The van der Waals surface area contributed by atoms with Gasteiger partial charge in [0, 0.05) is 38.0 Å². The standard InChI is InChI=1S/C17H32N4O2.HI/c1-4-17(23,5-2)12-20-15(18-6-3)21-9-7-8-16(13-21)10-14(22)19-11-16;/h23H,4-13H2,1-3H3,(H,18,20)(H,19,22);1H. The first-order valence-corrected chi connectivity index (χ1v) is 8.98. The summed E-state index contributed by atoms with van der Waals surface area (Å²) in [4.78, 5) is 18.6. The van der Waals surface area contributed by atoms with Crippen LogP contribution >= 0.6 is 24.0 Å². The Morgan fingerprint density at radius 3 is 2.67 bits per heavy atom. The van der Waals surface area contributed by atoms with E-state index in [4.69, 9.17) is 4.99 Å². The summed E-state index contributed by atoms with van der Waals surface area (Å²) in [5.41, 5.74) is -0.670. The number of carbonyl (C=O) groups excluding carboxylic acids is 1. The Morgan fingerprint density at radius 1 is 1.42 bits per heavy atom. The molecule has 6 nitrogen and oxygen atoms in total. The Hall–Kier alpha value is -0.570. The quantitative estimate of drug-likeness (QED) is 0.338. The molecule has 140 valence electrons. The number of halogens is 1. The third-order valence-electron chi connectivity index (χ3n) is 5.33. The molecule has 24 heavy (non-hydrogen) atoms. The van der Waals surface area contributed by atoms with Crippen LogP contribution in [0.2, 0.25) is 0 Å². The number of aliphatic hydroxyl groups is 1. The van der Waals surface area contributed by atoms with Crippen molar-refractivity contribution in [2.24, 2.45) is 10.4 Å². The number of hydrogen-bond donors (Lipinski definition) is 3. The molecule has 1 amide bonds. The van der Waals surface area contributed by atoms with E-state index in [9.17, 15) is 9.90 Å². The average Bonchev–Trinajstić information content (AvgIpc) is 2.91. The highest BCUT2D eigenvalue weighted by molar-refractivity contribution is 14.0. The Labute approximate surface area is 162 Å². The number of hydrogen-bond acceptors (Lipinski definition) is 3. The van der Waals surface area contributed by atoms with Gasteiger partial charge >= 0.3 is 0 Å². The van der Waals surface area contributed by atoms with Crippen molar-refractivity contribution in [2.75, 3.05) is 32.7 Å². The van der Waals surface area contributed by atoms with Gasteiger partial charge in [0.15, 0.2) is 5.96 Å². The second-order valence-corrected chi connectivity index (χ2v) is 7.08. The van der Waals surface area contributed by atoms with Crippen molar-refractivity contribution in [1.29, 1.82) is 0 Å². The smallest absolute Gasteiger partial charge is 0.220 e. The summed E-state index contributed by atoms with van der Waals surface area (Å²) >= 11 is 0. The second-order valence-electron chi connectivity index (χ2n) is 7.08. The predicted octanol–water partition coefficient (Wildman–Crippen LogP) is 1.72. The fourth-order valence-corrected chi connectivity index (χ4v) is 3.55. The van der Waals surface area contributed by atoms with Gasteiger partial charge in [0.1, 0.15) is 0 Å². The van der Waals surface area contributed by atoms with E-state index < -0.39 is 5.60 Å². The molecule has 2 rings (SSSR count). The zero-order valence-electron chi connectivity index (χ0n) is 15.2. The summed E-state index contributed by atoms with van der Waals surface area (Å²) in [5, 5.41) is 16.8. The van der Waals surface area contributed by atoms with Crippen LogP contribution in [0.3, 0.4) is 0 Å². The molecule has 0 aliphatic carbocycles. The Bertz CT molecular complexity index is 454. The minimum atomic E-state index is -0.723. The van der Waals surface area contributed by atoms with Crippen LogP contribution < -0.4 is 10.6 Å². The van der Waals surface area contributed by atoms with E-state index in [0.29, 0.717) is 25.8 Å². The molecule has 2 aliphatic heterocycles. The number of amides is 1. The summed E-state index contributed by atoms with van der Waals surface area (Å²) in [7, 11) is 0.